The molecule has 0 aliphatic carbocycles. The topological polar surface area (TPSA) is 77.9 Å². The van der Waals surface area contributed by atoms with Crippen LogP contribution in [0.4, 0.5) is 5.69 Å². The highest BCUT2D eigenvalue weighted by Crippen LogP contribution is 2.32. The molecule has 136 valence electrons. The fourth-order valence-electron chi connectivity index (χ4n) is 2.42. The van der Waals surface area contributed by atoms with E-state index >= 15 is 0 Å². The predicted molar refractivity (Wildman–Crippen MR) is 106 cm³/mol. The van der Waals surface area contributed by atoms with Crippen molar-refractivity contribution in [3.63, 3.8) is 0 Å². The molecule has 1 aliphatic heterocycles. The maximum Gasteiger partial charge on any atom is 0.266 e. The molecule has 25 heavy (non-hydrogen) atoms. The number of anilines is 1. The van der Waals surface area contributed by atoms with E-state index in [4.69, 9.17) is 16.8 Å². The van der Waals surface area contributed by atoms with E-state index in [2.05, 4.69) is 18.7 Å². The van der Waals surface area contributed by atoms with E-state index in [0.29, 0.717) is 9.23 Å². The summed E-state index contributed by atoms with van der Waals surface area (Å²) in [6.45, 7) is 5.87. The quantitative estimate of drug-likeness (QED) is 0.428. The molecule has 0 atom stereocenters. The van der Waals surface area contributed by atoms with E-state index in [9.17, 15) is 13.2 Å². The van der Waals surface area contributed by atoms with Crippen molar-refractivity contribution in [1.29, 1.82) is 0 Å². The average Bonchev–Trinajstić information content (AvgIpc) is 2.81. The van der Waals surface area contributed by atoms with Crippen LogP contribution < -0.4 is 4.90 Å². The van der Waals surface area contributed by atoms with Gasteiger partial charge in [-0.25, -0.2) is 0 Å². The summed E-state index contributed by atoms with van der Waals surface area (Å²) >= 11 is 6.26. The Morgan fingerprint density at radius 1 is 1.24 bits per heavy atom. The van der Waals surface area contributed by atoms with Gasteiger partial charge in [-0.3, -0.25) is 14.2 Å². The van der Waals surface area contributed by atoms with Crippen molar-refractivity contribution in [2.75, 3.05) is 30.3 Å². The van der Waals surface area contributed by atoms with Crippen LogP contribution in [-0.4, -0.2) is 53.5 Å². The van der Waals surface area contributed by atoms with Gasteiger partial charge in [-0.05, 0) is 37.6 Å². The largest absolute Gasteiger partial charge is 0.372 e. The van der Waals surface area contributed by atoms with Crippen molar-refractivity contribution in [2.45, 2.75) is 13.8 Å². The first kappa shape index (κ1) is 19.9. The molecule has 1 heterocycles. The highest BCUT2D eigenvalue weighted by Gasteiger charge is 2.32. The molecule has 1 amide bonds. The van der Waals surface area contributed by atoms with Gasteiger partial charge in [-0.1, -0.05) is 36.1 Å². The molecule has 6 nitrogen and oxygen atoms in total. The minimum Gasteiger partial charge on any atom is -0.372 e. The molecule has 2 rings (SSSR count). The zero-order valence-corrected chi connectivity index (χ0v) is 16.5. The molecule has 1 aliphatic rings. The molecule has 9 heteroatoms. The lowest BCUT2D eigenvalue weighted by atomic mass is 10.1. The zero-order chi connectivity index (χ0) is 18.6. The second-order valence-electron chi connectivity index (χ2n) is 5.38. The molecule has 0 spiro atoms. The third kappa shape index (κ3) is 5.27. The van der Waals surface area contributed by atoms with Crippen LogP contribution in [0.2, 0.25) is 0 Å². The normalized spacial score (nSPS) is 16.8. The lowest BCUT2D eigenvalue weighted by molar-refractivity contribution is -0.121. The van der Waals surface area contributed by atoms with Crippen LogP contribution in [0.1, 0.15) is 19.4 Å². The van der Waals surface area contributed by atoms with Crippen molar-refractivity contribution in [3.8, 4) is 0 Å². The summed E-state index contributed by atoms with van der Waals surface area (Å²) in [6, 6.07) is 7.85. The van der Waals surface area contributed by atoms with Crippen molar-refractivity contribution in [1.82, 2.24) is 4.90 Å². The van der Waals surface area contributed by atoms with Crippen LogP contribution in [0.25, 0.3) is 6.08 Å². The van der Waals surface area contributed by atoms with Gasteiger partial charge in [0.15, 0.2) is 0 Å². The zero-order valence-electron chi connectivity index (χ0n) is 14.0. The van der Waals surface area contributed by atoms with Gasteiger partial charge in [0.25, 0.3) is 16.0 Å². The smallest absolute Gasteiger partial charge is 0.266 e. The Hall–Kier alpha value is -1.42. The van der Waals surface area contributed by atoms with Gasteiger partial charge in [0.2, 0.25) is 0 Å². The molecule has 1 fully saturated rings. The van der Waals surface area contributed by atoms with Gasteiger partial charge in [-0.15, -0.1) is 0 Å². The Labute approximate surface area is 157 Å². The number of carbonyl (C=O) groups is 1. The van der Waals surface area contributed by atoms with Crippen LogP contribution in [0, 0.1) is 0 Å². The second kappa shape index (κ2) is 8.31. The van der Waals surface area contributed by atoms with Gasteiger partial charge < -0.3 is 4.90 Å². The summed E-state index contributed by atoms with van der Waals surface area (Å²) in [5.74, 6) is -0.878. The van der Waals surface area contributed by atoms with E-state index in [1.807, 2.05) is 24.3 Å². The maximum atomic E-state index is 12.4. The Morgan fingerprint density at radius 2 is 1.84 bits per heavy atom. The van der Waals surface area contributed by atoms with Crippen LogP contribution in [-0.2, 0) is 14.9 Å². The highest BCUT2D eigenvalue weighted by molar-refractivity contribution is 8.26. The standard InChI is InChI=1S/C16H20N2O4S3/c1-3-17(4-2)13-7-5-12(6-8-13)11-14-15(19)18(16(23)24-14)9-10-25(20,21)22/h5-8,11H,3-4,9-10H2,1-2H3,(H,20,21,22)/b14-11+. The molecular formula is C16H20N2O4S3. The van der Waals surface area contributed by atoms with E-state index < -0.39 is 15.9 Å². The maximum absolute atomic E-state index is 12.4. The van der Waals surface area contributed by atoms with Crippen molar-refractivity contribution in [3.05, 3.63) is 34.7 Å². The summed E-state index contributed by atoms with van der Waals surface area (Å²) in [6.07, 6.45) is 1.73. The van der Waals surface area contributed by atoms with Gasteiger partial charge in [-0.2, -0.15) is 8.42 Å². The summed E-state index contributed by atoms with van der Waals surface area (Å²) in [7, 11) is -4.14. The third-order valence-electron chi connectivity index (χ3n) is 3.77. The Kier molecular flexibility index (Phi) is 6.61. The molecule has 0 saturated carbocycles. The van der Waals surface area contributed by atoms with E-state index in [0.717, 1.165) is 36.1 Å². The number of thiocarbonyl (C=S) groups is 1. The van der Waals surface area contributed by atoms with Gasteiger partial charge in [0.1, 0.15) is 4.32 Å². The molecular weight excluding hydrogens is 380 g/mol. The molecule has 1 aromatic rings. The minimum atomic E-state index is -4.14. The molecule has 1 aromatic carbocycles. The number of rotatable bonds is 7. The summed E-state index contributed by atoms with van der Waals surface area (Å²) in [5, 5.41) is 0. The number of benzene rings is 1. The predicted octanol–water partition coefficient (Wildman–Crippen LogP) is 2.62. The van der Waals surface area contributed by atoms with Gasteiger partial charge in [0, 0.05) is 25.3 Å². The first-order valence-electron chi connectivity index (χ1n) is 7.80. The Morgan fingerprint density at radius 3 is 2.36 bits per heavy atom. The summed E-state index contributed by atoms with van der Waals surface area (Å²) in [5.41, 5.74) is 1.98. The van der Waals surface area contributed by atoms with Crippen molar-refractivity contribution in [2.24, 2.45) is 0 Å². The lowest BCUT2D eigenvalue weighted by Gasteiger charge is -2.20. The lowest BCUT2D eigenvalue weighted by Crippen LogP contribution is -2.32. The first-order valence-corrected chi connectivity index (χ1v) is 10.6. The van der Waals surface area contributed by atoms with Gasteiger partial charge in [0.05, 0.1) is 10.7 Å². The molecule has 1 N–H and O–H groups in total. The SMILES string of the molecule is CCN(CC)c1ccc(/C=C2/SC(=S)N(CCS(=O)(=O)O)C2=O)cc1. The molecule has 0 unspecified atom stereocenters. The van der Waals surface area contributed by atoms with Crippen LogP contribution in [0.3, 0.4) is 0 Å². The average molecular weight is 401 g/mol. The number of thioether (sulfide) groups is 1. The van der Waals surface area contributed by atoms with Crippen LogP contribution in [0.15, 0.2) is 29.2 Å². The number of hydrogen-bond acceptors (Lipinski definition) is 6. The number of carbonyl (C=O) groups excluding carboxylic acids is 1. The van der Waals surface area contributed by atoms with Crippen LogP contribution in [0.5, 0.6) is 0 Å². The fraction of sp³-hybridized carbons (Fsp3) is 0.375. The summed E-state index contributed by atoms with van der Waals surface area (Å²) in [4.78, 5) is 16.2. The summed E-state index contributed by atoms with van der Waals surface area (Å²) < 4.78 is 30.8. The Balaban J connectivity index is 2.13. The van der Waals surface area contributed by atoms with Gasteiger partial charge >= 0.3 is 0 Å². The van der Waals surface area contributed by atoms with E-state index in [1.54, 1.807) is 6.08 Å². The van der Waals surface area contributed by atoms with E-state index in [1.165, 1.54) is 4.90 Å². The Bertz CT molecular complexity index is 784. The molecule has 0 bridgehead atoms. The first-order chi connectivity index (χ1) is 11.7. The molecule has 0 aromatic heterocycles. The number of nitrogens with zero attached hydrogens (tertiary/aromatic N) is 2. The molecule has 0 radical (unpaired) electrons. The molecule has 1 saturated heterocycles. The monoisotopic (exact) mass is 400 g/mol. The van der Waals surface area contributed by atoms with Crippen molar-refractivity contribution >= 4 is 56.1 Å². The minimum absolute atomic E-state index is 0.151. The number of hydrogen-bond donors (Lipinski definition) is 1. The third-order valence-corrected chi connectivity index (χ3v) is 5.84. The fourth-order valence-corrected chi connectivity index (χ4v) is 4.14. The number of amides is 1. The van der Waals surface area contributed by atoms with Crippen LogP contribution >= 0.6 is 24.0 Å². The second-order valence-corrected chi connectivity index (χ2v) is 8.63. The van der Waals surface area contributed by atoms with Crippen molar-refractivity contribution < 1.29 is 17.8 Å². The highest BCUT2D eigenvalue weighted by atomic mass is 32.2. The van der Waals surface area contributed by atoms with E-state index in [-0.39, 0.29) is 12.5 Å².